The van der Waals surface area contributed by atoms with Crippen molar-refractivity contribution in [3.05, 3.63) is 12.2 Å². The molecule has 88 valence electrons. The molecule has 6 heteroatoms. The Morgan fingerprint density at radius 2 is 1.87 bits per heavy atom. The van der Waals surface area contributed by atoms with E-state index >= 15 is 0 Å². The van der Waals surface area contributed by atoms with Gasteiger partial charge in [-0.05, 0) is 20.8 Å². The lowest BCUT2D eigenvalue weighted by molar-refractivity contribution is -0.136. The summed E-state index contributed by atoms with van der Waals surface area (Å²) in [6.07, 6.45) is 2.83. The van der Waals surface area contributed by atoms with Crippen molar-refractivity contribution in [2.24, 2.45) is 0 Å². The van der Waals surface area contributed by atoms with Gasteiger partial charge in [-0.1, -0.05) is 12.2 Å². The predicted molar refractivity (Wildman–Crippen MR) is 57.1 cm³/mol. The maximum Gasteiger partial charge on any atom is 0.348 e. The molecule has 0 rings (SSSR count). The van der Waals surface area contributed by atoms with E-state index in [-0.39, 0.29) is 13.2 Å². The molecule has 1 N–H and O–H groups in total. The van der Waals surface area contributed by atoms with E-state index in [1.165, 1.54) is 12.2 Å². The van der Waals surface area contributed by atoms with Crippen molar-refractivity contribution in [1.82, 2.24) is 0 Å². The van der Waals surface area contributed by atoms with Gasteiger partial charge >= 0.3 is 13.6 Å². The first-order valence-electron chi connectivity index (χ1n) is 4.76. The Balaban J connectivity index is 4.99. The Kier molecular flexibility index (Phi) is 6.48. The zero-order chi connectivity index (χ0) is 11.9. The molecule has 0 aliphatic heterocycles. The number of carboxylic acids is 1. The minimum absolute atomic E-state index is 0.151. The molecule has 0 aromatic carbocycles. The normalized spacial score (nSPS) is 14.3. The van der Waals surface area contributed by atoms with E-state index in [1.807, 2.05) is 0 Å². The smallest absolute Gasteiger partial charge is 0.348 e. The van der Waals surface area contributed by atoms with Crippen molar-refractivity contribution in [2.75, 3.05) is 13.2 Å². The number of carbonyl (C=O) groups is 1. The average Bonchev–Trinajstić information content (AvgIpc) is 2.14. The van der Waals surface area contributed by atoms with Crippen LogP contribution in [0.25, 0.3) is 0 Å². The van der Waals surface area contributed by atoms with E-state index in [4.69, 9.17) is 14.2 Å². The highest BCUT2D eigenvalue weighted by molar-refractivity contribution is 7.56. The van der Waals surface area contributed by atoms with Crippen molar-refractivity contribution in [3.8, 4) is 0 Å². The van der Waals surface area contributed by atoms with Gasteiger partial charge in [0.15, 0.2) is 5.66 Å². The van der Waals surface area contributed by atoms with Crippen LogP contribution in [-0.4, -0.2) is 29.9 Å². The number of rotatable bonds is 7. The van der Waals surface area contributed by atoms with Gasteiger partial charge in [0.2, 0.25) is 0 Å². The lowest BCUT2D eigenvalue weighted by atomic mass is 10.4. The third kappa shape index (κ3) is 4.16. The third-order valence-corrected chi connectivity index (χ3v) is 3.90. The van der Waals surface area contributed by atoms with Crippen LogP contribution in [0.2, 0.25) is 0 Å². The van der Waals surface area contributed by atoms with Gasteiger partial charge in [-0.25, -0.2) is 0 Å². The van der Waals surface area contributed by atoms with Gasteiger partial charge in [0.25, 0.3) is 0 Å². The highest BCUT2D eigenvalue weighted by Crippen LogP contribution is 2.53. The number of allylic oxidation sites excluding steroid dienone is 1. The molecular formula is C9H17O5P. The minimum atomic E-state index is -3.59. The summed E-state index contributed by atoms with van der Waals surface area (Å²) in [4.78, 5) is 10.9. The van der Waals surface area contributed by atoms with Gasteiger partial charge in [0, 0.05) is 0 Å². The van der Waals surface area contributed by atoms with E-state index in [2.05, 4.69) is 0 Å². The first-order chi connectivity index (χ1) is 7.01. The molecule has 1 unspecified atom stereocenters. The molecule has 0 aromatic rings. The molecule has 5 nitrogen and oxygen atoms in total. The summed E-state index contributed by atoms with van der Waals surface area (Å²) in [5.74, 6) is -1.21. The Morgan fingerprint density at radius 3 is 2.13 bits per heavy atom. The molecule has 0 aliphatic carbocycles. The van der Waals surface area contributed by atoms with E-state index < -0.39 is 19.2 Å². The minimum Gasteiger partial charge on any atom is -0.480 e. The highest BCUT2D eigenvalue weighted by Gasteiger charge is 2.39. The van der Waals surface area contributed by atoms with Crippen LogP contribution in [-0.2, 0) is 18.4 Å². The van der Waals surface area contributed by atoms with Crippen molar-refractivity contribution in [3.63, 3.8) is 0 Å². The second kappa shape index (κ2) is 6.77. The van der Waals surface area contributed by atoms with Crippen LogP contribution in [0.15, 0.2) is 12.2 Å². The van der Waals surface area contributed by atoms with Gasteiger partial charge in [0.05, 0.1) is 13.2 Å². The fourth-order valence-corrected chi connectivity index (χ4v) is 2.83. The maximum atomic E-state index is 12.1. The summed E-state index contributed by atoms with van der Waals surface area (Å²) in [7, 11) is -3.59. The fourth-order valence-electron chi connectivity index (χ4n) is 1.06. The van der Waals surface area contributed by atoms with Gasteiger partial charge in [-0.15, -0.1) is 0 Å². The van der Waals surface area contributed by atoms with Crippen LogP contribution in [0.5, 0.6) is 0 Å². The fraction of sp³-hybridized carbons (Fsp3) is 0.667. The summed E-state index contributed by atoms with van der Waals surface area (Å²) in [5.41, 5.74) is -1.23. The molecule has 1 atom stereocenters. The molecule has 0 heterocycles. The van der Waals surface area contributed by atoms with E-state index in [1.54, 1.807) is 20.8 Å². The van der Waals surface area contributed by atoms with Crippen molar-refractivity contribution < 1.29 is 23.5 Å². The van der Waals surface area contributed by atoms with Gasteiger partial charge in [0.1, 0.15) is 0 Å². The Hall–Kier alpha value is -0.640. The summed E-state index contributed by atoms with van der Waals surface area (Å²) < 4.78 is 22.0. The highest BCUT2D eigenvalue weighted by atomic mass is 31.2. The molecule has 0 aliphatic rings. The van der Waals surface area contributed by atoms with Crippen molar-refractivity contribution in [1.29, 1.82) is 0 Å². The van der Waals surface area contributed by atoms with E-state index in [0.717, 1.165) is 0 Å². The van der Waals surface area contributed by atoms with Crippen molar-refractivity contribution in [2.45, 2.75) is 26.4 Å². The lowest BCUT2D eigenvalue weighted by Gasteiger charge is -2.20. The Bertz CT molecular complexity index is 264. The number of carboxylic acid groups (broad SMARTS) is 1. The molecule has 15 heavy (non-hydrogen) atoms. The monoisotopic (exact) mass is 236 g/mol. The zero-order valence-electron chi connectivity index (χ0n) is 9.17. The van der Waals surface area contributed by atoms with Gasteiger partial charge in [-0.3, -0.25) is 9.36 Å². The second-order valence-corrected chi connectivity index (χ2v) is 4.84. The summed E-state index contributed by atoms with van der Waals surface area (Å²) in [6, 6.07) is 0. The first kappa shape index (κ1) is 14.4. The number of hydrogen-bond donors (Lipinski definition) is 1. The molecular weight excluding hydrogens is 219 g/mol. The maximum absolute atomic E-state index is 12.1. The molecule has 0 saturated heterocycles. The summed E-state index contributed by atoms with van der Waals surface area (Å²) >= 11 is 0. The predicted octanol–water partition coefficient (Wildman–Crippen LogP) is 2.28. The first-order valence-corrected chi connectivity index (χ1v) is 6.37. The molecule has 0 fully saturated rings. The largest absolute Gasteiger partial charge is 0.480 e. The van der Waals surface area contributed by atoms with Crippen LogP contribution >= 0.6 is 7.60 Å². The average molecular weight is 236 g/mol. The number of hydrogen-bond acceptors (Lipinski definition) is 4. The quantitative estimate of drug-likeness (QED) is 0.542. The summed E-state index contributed by atoms with van der Waals surface area (Å²) in [5, 5.41) is 8.91. The summed E-state index contributed by atoms with van der Waals surface area (Å²) in [6.45, 7) is 5.23. The molecule has 0 saturated carbocycles. The third-order valence-electron chi connectivity index (χ3n) is 1.59. The molecule has 0 amide bonds. The Morgan fingerprint density at radius 1 is 1.40 bits per heavy atom. The topological polar surface area (TPSA) is 72.8 Å². The second-order valence-electron chi connectivity index (χ2n) is 2.68. The molecule has 0 bridgehead atoms. The SMILES string of the molecule is C/C=C/C(C(=O)O)P(=O)(OCC)OCC. The van der Waals surface area contributed by atoms with Crippen LogP contribution in [0.4, 0.5) is 0 Å². The van der Waals surface area contributed by atoms with Gasteiger partial charge in [-0.2, -0.15) is 0 Å². The van der Waals surface area contributed by atoms with Crippen LogP contribution in [0, 0.1) is 0 Å². The molecule has 0 spiro atoms. The van der Waals surface area contributed by atoms with Gasteiger partial charge < -0.3 is 14.2 Å². The molecule has 0 aromatic heterocycles. The lowest BCUT2D eigenvalue weighted by Crippen LogP contribution is -2.21. The van der Waals surface area contributed by atoms with E-state index in [0.29, 0.717) is 0 Å². The van der Waals surface area contributed by atoms with E-state index in [9.17, 15) is 9.36 Å². The van der Waals surface area contributed by atoms with Crippen LogP contribution in [0.3, 0.4) is 0 Å². The standard InChI is InChI=1S/C9H17O5P/c1-4-7-8(9(10)11)15(12,13-5-2)14-6-3/h4,7-8H,5-6H2,1-3H3,(H,10,11)/b7-4+. The zero-order valence-corrected chi connectivity index (χ0v) is 10.1. The number of aliphatic carboxylic acids is 1. The molecule has 0 radical (unpaired) electrons. The van der Waals surface area contributed by atoms with Crippen LogP contribution in [0.1, 0.15) is 20.8 Å². The Labute approximate surface area is 89.6 Å². The van der Waals surface area contributed by atoms with Crippen LogP contribution < -0.4 is 0 Å². The van der Waals surface area contributed by atoms with Crippen molar-refractivity contribution >= 4 is 13.6 Å².